The lowest BCUT2D eigenvalue weighted by atomic mass is 9.34. The molecule has 3 saturated carbocycles. The molecular formula is C11H18O2. The molecule has 0 aromatic rings. The van der Waals surface area contributed by atoms with Crippen molar-refractivity contribution in [2.45, 2.75) is 39.5 Å². The third-order valence-electron chi connectivity index (χ3n) is 3.60. The molecule has 74 valence electrons. The van der Waals surface area contributed by atoms with Crippen LogP contribution in [0.15, 0.2) is 0 Å². The second kappa shape index (κ2) is 2.49. The van der Waals surface area contributed by atoms with Crippen LogP contribution >= 0.6 is 0 Å². The van der Waals surface area contributed by atoms with Crippen molar-refractivity contribution in [1.29, 1.82) is 0 Å². The Labute approximate surface area is 79.7 Å². The number of ether oxygens (including phenoxy) is 1. The van der Waals surface area contributed by atoms with E-state index in [1.165, 1.54) is 13.5 Å². The van der Waals surface area contributed by atoms with Crippen LogP contribution in [-0.2, 0) is 9.53 Å². The Bertz CT molecular complexity index is 223. The van der Waals surface area contributed by atoms with Crippen LogP contribution in [0.3, 0.4) is 0 Å². The predicted molar refractivity (Wildman–Crippen MR) is 50.2 cm³/mol. The quantitative estimate of drug-likeness (QED) is 0.626. The summed E-state index contributed by atoms with van der Waals surface area (Å²) >= 11 is 0. The Hall–Kier alpha value is -0.530. The minimum atomic E-state index is -0.0381. The van der Waals surface area contributed by atoms with Gasteiger partial charge >= 0.3 is 5.97 Å². The van der Waals surface area contributed by atoms with Gasteiger partial charge in [0.15, 0.2) is 0 Å². The lowest BCUT2D eigenvalue weighted by Crippen LogP contribution is -2.65. The van der Waals surface area contributed by atoms with Crippen molar-refractivity contribution in [2.24, 2.45) is 16.7 Å². The third kappa shape index (κ3) is 1.11. The van der Waals surface area contributed by atoms with Gasteiger partial charge in [0.2, 0.25) is 0 Å². The van der Waals surface area contributed by atoms with E-state index >= 15 is 0 Å². The molecule has 0 aliphatic heterocycles. The summed E-state index contributed by atoms with van der Waals surface area (Å²) < 4.78 is 4.81. The molecule has 0 spiro atoms. The standard InChI is InChI=1S/C11H18O2/c1-8(2)4-10-5-11(6-10,7-10)9(12)13-3/h8H,4-7H2,1-3H3. The molecule has 0 saturated heterocycles. The first-order valence-corrected chi connectivity index (χ1v) is 5.10. The highest BCUT2D eigenvalue weighted by Gasteiger charge is 2.71. The van der Waals surface area contributed by atoms with Crippen LogP contribution in [0.5, 0.6) is 0 Å². The van der Waals surface area contributed by atoms with Crippen LogP contribution in [0, 0.1) is 16.7 Å². The SMILES string of the molecule is COC(=O)C12CC(CC(C)C)(C1)C2. The molecule has 0 N–H and O–H groups in total. The average Bonchev–Trinajstić information content (AvgIpc) is 1.92. The van der Waals surface area contributed by atoms with Gasteiger partial charge in [-0.3, -0.25) is 4.79 Å². The van der Waals surface area contributed by atoms with E-state index in [0.717, 1.165) is 25.2 Å². The fourth-order valence-electron chi connectivity index (χ4n) is 3.51. The van der Waals surface area contributed by atoms with Crippen LogP contribution in [0.2, 0.25) is 0 Å². The highest BCUT2D eigenvalue weighted by Crippen LogP contribution is 2.75. The molecule has 13 heavy (non-hydrogen) atoms. The van der Waals surface area contributed by atoms with Gasteiger partial charge in [-0.2, -0.15) is 0 Å². The number of hydrogen-bond donors (Lipinski definition) is 0. The molecule has 2 heteroatoms. The van der Waals surface area contributed by atoms with E-state index in [9.17, 15) is 4.79 Å². The summed E-state index contributed by atoms with van der Waals surface area (Å²) in [4.78, 5) is 11.4. The van der Waals surface area contributed by atoms with Crippen molar-refractivity contribution < 1.29 is 9.53 Å². The first kappa shape index (κ1) is 9.04. The van der Waals surface area contributed by atoms with E-state index < -0.39 is 0 Å². The smallest absolute Gasteiger partial charge is 0.311 e. The maximum Gasteiger partial charge on any atom is 0.311 e. The summed E-state index contributed by atoms with van der Waals surface area (Å²) in [6.45, 7) is 4.51. The number of carbonyl (C=O) groups excluding carboxylic acids is 1. The highest BCUT2D eigenvalue weighted by atomic mass is 16.5. The molecule has 3 aliphatic rings. The Morgan fingerprint density at radius 1 is 1.38 bits per heavy atom. The number of esters is 1. The molecule has 0 atom stereocenters. The zero-order valence-corrected chi connectivity index (χ0v) is 8.72. The summed E-state index contributed by atoms with van der Waals surface area (Å²) in [5.41, 5.74) is 0.492. The van der Waals surface area contributed by atoms with Crippen LogP contribution in [0.4, 0.5) is 0 Å². The number of hydrogen-bond acceptors (Lipinski definition) is 2. The normalized spacial score (nSPS) is 40.9. The number of methoxy groups -OCH3 is 1. The minimum Gasteiger partial charge on any atom is -0.469 e. The molecule has 0 aromatic carbocycles. The summed E-state index contributed by atoms with van der Waals surface area (Å²) in [6, 6.07) is 0. The summed E-state index contributed by atoms with van der Waals surface area (Å²) in [5, 5.41) is 0. The number of carbonyl (C=O) groups is 1. The monoisotopic (exact) mass is 182 g/mol. The van der Waals surface area contributed by atoms with Crippen molar-refractivity contribution in [3.63, 3.8) is 0 Å². The largest absolute Gasteiger partial charge is 0.469 e. The fourth-order valence-corrected chi connectivity index (χ4v) is 3.51. The van der Waals surface area contributed by atoms with Crippen molar-refractivity contribution >= 4 is 5.97 Å². The van der Waals surface area contributed by atoms with Crippen molar-refractivity contribution in [2.75, 3.05) is 7.11 Å². The third-order valence-corrected chi connectivity index (χ3v) is 3.60. The van der Waals surface area contributed by atoms with Gasteiger partial charge in [-0.1, -0.05) is 13.8 Å². The van der Waals surface area contributed by atoms with Gasteiger partial charge < -0.3 is 4.74 Å². The molecule has 0 amide bonds. The molecule has 0 radical (unpaired) electrons. The van der Waals surface area contributed by atoms with Crippen LogP contribution in [0.1, 0.15) is 39.5 Å². The van der Waals surface area contributed by atoms with Crippen LogP contribution in [0.25, 0.3) is 0 Å². The van der Waals surface area contributed by atoms with E-state index in [4.69, 9.17) is 4.74 Å². The minimum absolute atomic E-state index is 0.0260. The highest BCUT2D eigenvalue weighted by molar-refractivity contribution is 5.81. The number of rotatable bonds is 3. The molecule has 0 unspecified atom stereocenters. The molecule has 2 nitrogen and oxygen atoms in total. The van der Waals surface area contributed by atoms with Crippen LogP contribution < -0.4 is 0 Å². The molecule has 2 bridgehead atoms. The lowest BCUT2D eigenvalue weighted by Gasteiger charge is -2.69. The molecular weight excluding hydrogens is 164 g/mol. The predicted octanol–water partition coefficient (Wildman–Crippen LogP) is 2.38. The molecule has 3 rings (SSSR count). The second-order valence-corrected chi connectivity index (χ2v) is 5.40. The Morgan fingerprint density at radius 3 is 2.31 bits per heavy atom. The van der Waals surface area contributed by atoms with Gasteiger partial charge in [-0.05, 0) is 37.0 Å². The van der Waals surface area contributed by atoms with E-state index in [2.05, 4.69) is 13.8 Å². The zero-order chi connectivity index (χ0) is 9.69. The van der Waals surface area contributed by atoms with Crippen molar-refractivity contribution in [3.8, 4) is 0 Å². The van der Waals surface area contributed by atoms with Gasteiger partial charge in [-0.15, -0.1) is 0 Å². The maximum atomic E-state index is 11.4. The van der Waals surface area contributed by atoms with Gasteiger partial charge in [0.1, 0.15) is 0 Å². The van der Waals surface area contributed by atoms with Gasteiger partial charge in [0.05, 0.1) is 12.5 Å². The molecule has 0 aromatic heterocycles. The molecule has 0 heterocycles. The second-order valence-electron chi connectivity index (χ2n) is 5.40. The zero-order valence-electron chi connectivity index (χ0n) is 8.72. The summed E-state index contributed by atoms with van der Waals surface area (Å²) in [5.74, 6) is 0.786. The van der Waals surface area contributed by atoms with E-state index in [1.54, 1.807) is 0 Å². The van der Waals surface area contributed by atoms with E-state index in [0.29, 0.717) is 5.41 Å². The Morgan fingerprint density at radius 2 is 1.92 bits per heavy atom. The topological polar surface area (TPSA) is 26.3 Å². The first-order valence-electron chi connectivity index (χ1n) is 5.10. The first-order chi connectivity index (χ1) is 6.02. The van der Waals surface area contributed by atoms with Gasteiger partial charge in [0, 0.05) is 0 Å². The average molecular weight is 182 g/mol. The maximum absolute atomic E-state index is 11.4. The van der Waals surface area contributed by atoms with Crippen LogP contribution in [-0.4, -0.2) is 13.1 Å². The van der Waals surface area contributed by atoms with E-state index in [-0.39, 0.29) is 11.4 Å². The Balaban J connectivity index is 1.89. The summed E-state index contributed by atoms with van der Waals surface area (Å²) in [6.07, 6.45) is 4.55. The molecule has 3 fully saturated rings. The fraction of sp³-hybridized carbons (Fsp3) is 0.909. The summed E-state index contributed by atoms with van der Waals surface area (Å²) in [7, 11) is 1.50. The van der Waals surface area contributed by atoms with E-state index in [1.807, 2.05) is 0 Å². The van der Waals surface area contributed by atoms with Gasteiger partial charge in [0.25, 0.3) is 0 Å². The molecule has 3 aliphatic carbocycles. The lowest BCUT2D eigenvalue weighted by molar-refractivity contribution is -0.230. The van der Waals surface area contributed by atoms with Crippen molar-refractivity contribution in [3.05, 3.63) is 0 Å². The van der Waals surface area contributed by atoms with Gasteiger partial charge in [-0.25, -0.2) is 0 Å². The van der Waals surface area contributed by atoms with Crippen molar-refractivity contribution in [1.82, 2.24) is 0 Å². The Kier molecular flexibility index (Phi) is 1.73.